The summed E-state index contributed by atoms with van der Waals surface area (Å²) in [6.07, 6.45) is 0.985. The first-order valence-corrected chi connectivity index (χ1v) is 8.68. The number of hydrogen-bond acceptors (Lipinski definition) is 4. The second-order valence-electron chi connectivity index (χ2n) is 6.20. The number of pyridine rings is 1. The number of aromatic amines is 1. The largest absolute Gasteiger partial charge is 0.497 e. The van der Waals surface area contributed by atoms with E-state index in [1.807, 2.05) is 36.4 Å². The van der Waals surface area contributed by atoms with E-state index in [0.29, 0.717) is 29.7 Å². The fraction of sp³-hybridized carbons (Fsp3) is 0.238. The molecule has 0 aliphatic heterocycles. The second kappa shape index (κ2) is 8.40. The van der Waals surface area contributed by atoms with Crippen molar-refractivity contribution >= 4 is 16.8 Å². The molecule has 0 radical (unpaired) electrons. The summed E-state index contributed by atoms with van der Waals surface area (Å²) in [6.45, 7) is 0.193. The van der Waals surface area contributed by atoms with E-state index >= 15 is 0 Å². The third kappa shape index (κ3) is 4.67. The van der Waals surface area contributed by atoms with Gasteiger partial charge in [-0.2, -0.15) is 0 Å². The molecule has 0 fully saturated rings. The van der Waals surface area contributed by atoms with Gasteiger partial charge in [0.25, 0.3) is 5.56 Å². The maximum Gasteiger partial charge on any atom is 0.253 e. The number of H-pyrrole nitrogens is 1. The summed E-state index contributed by atoms with van der Waals surface area (Å²) in [5.74, 6) is 1.37. The Morgan fingerprint density at radius 2 is 1.70 bits per heavy atom. The number of carbonyl (C=O) groups is 1. The van der Waals surface area contributed by atoms with Crippen LogP contribution in [0.15, 0.2) is 53.3 Å². The van der Waals surface area contributed by atoms with Gasteiger partial charge in [-0.25, -0.2) is 0 Å². The van der Waals surface area contributed by atoms with Crippen LogP contribution in [-0.2, 0) is 17.8 Å². The number of carbonyl (C=O) groups excluding carboxylic acids is 1. The molecular weight excluding hydrogens is 344 g/mol. The van der Waals surface area contributed by atoms with Crippen LogP contribution in [0.25, 0.3) is 10.9 Å². The Bertz CT molecular complexity index is 993. The Morgan fingerprint density at radius 1 is 1.00 bits per heavy atom. The van der Waals surface area contributed by atoms with Crippen molar-refractivity contribution in [2.75, 3.05) is 14.2 Å². The summed E-state index contributed by atoms with van der Waals surface area (Å²) in [4.78, 5) is 27.2. The Labute approximate surface area is 157 Å². The minimum absolute atomic E-state index is 0.0972. The lowest BCUT2D eigenvalue weighted by molar-refractivity contribution is -0.121. The highest BCUT2D eigenvalue weighted by atomic mass is 16.5. The van der Waals surface area contributed by atoms with Gasteiger partial charge in [-0.1, -0.05) is 12.1 Å². The van der Waals surface area contributed by atoms with Crippen molar-refractivity contribution in [1.82, 2.24) is 10.3 Å². The minimum Gasteiger partial charge on any atom is -0.497 e. The van der Waals surface area contributed by atoms with Crippen LogP contribution < -0.4 is 20.3 Å². The molecule has 0 atom stereocenters. The number of ether oxygens (including phenoxy) is 2. The Hall–Kier alpha value is -3.28. The van der Waals surface area contributed by atoms with Crippen LogP contribution in [0.2, 0.25) is 0 Å². The van der Waals surface area contributed by atoms with Gasteiger partial charge < -0.3 is 19.8 Å². The van der Waals surface area contributed by atoms with Crippen molar-refractivity contribution in [3.05, 3.63) is 70.0 Å². The minimum atomic E-state index is -0.216. The predicted molar refractivity (Wildman–Crippen MR) is 104 cm³/mol. The molecule has 1 heterocycles. The molecule has 1 aromatic heterocycles. The van der Waals surface area contributed by atoms with Crippen LogP contribution in [0.1, 0.15) is 17.5 Å². The highest BCUT2D eigenvalue weighted by molar-refractivity contribution is 5.81. The van der Waals surface area contributed by atoms with Gasteiger partial charge in [-0.3, -0.25) is 9.59 Å². The average Bonchev–Trinajstić information content (AvgIpc) is 2.70. The molecular formula is C21H22N2O4. The van der Waals surface area contributed by atoms with E-state index in [4.69, 9.17) is 9.47 Å². The standard InChI is InChI=1S/C21H22N2O4/c1-26-17-7-3-14(4-8-17)5-10-20(24)22-13-16-11-15-6-9-18(27-2)12-19(15)23-21(16)25/h3-4,6-9,11-12H,5,10,13H2,1-2H3,(H,22,24)(H,23,25). The van der Waals surface area contributed by atoms with Gasteiger partial charge in [0, 0.05) is 24.6 Å². The Kier molecular flexibility index (Phi) is 5.76. The van der Waals surface area contributed by atoms with Crippen LogP contribution in [-0.4, -0.2) is 25.1 Å². The average molecular weight is 366 g/mol. The van der Waals surface area contributed by atoms with E-state index in [1.165, 1.54) is 0 Å². The molecule has 0 saturated carbocycles. The third-order valence-electron chi connectivity index (χ3n) is 4.41. The molecule has 0 saturated heterocycles. The highest BCUT2D eigenvalue weighted by Gasteiger charge is 2.07. The Morgan fingerprint density at radius 3 is 2.41 bits per heavy atom. The summed E-state index contributed by atoms with van der Waals surface area (Å²) in [7, 11) is 3.20. The number of hydrogen-bond donors (Lipinski definition) is 2. The van der Waals surface area contributed by atoms with Crippen LogP contribution in [0.5, 0.6) is 11.5 Å². The van der Waals surface area contributed by atoms with E-state index in [1.54, 1.807) is 26.4 Å². The zero-order chi connectivity index (χ0) is 19.2. The first-order chi connectivity index (χ1) is 13.1. The second-order valence-corrected chi connectivity index (χ2v) is 6.20. The number of rotatable bonds is 7. The molecule has 0 aliphatic rings. The zero-order valence-electron chi connectivity index (χ0n) is 15.4. The summed E-state index contributed by atoms with van der Waals surface area (Å²) in [6, 6.07) is 14.9. The van der Waals surface area contributed by atoms with Crippen molar-refractivity contribution in [3.63, 3.8) is 0 Å². The maximum absolute atomic E-state index is 12.2. The summed E-state index contributed by atoms with van der Waals surface area (Å²) < 4.78 is 10.3. The molecule has 0 bridgehead atoms. The van der Waals surface area contributed by atoms with E-state index in [-0.39, 0.29) is 18.0 Å². The molecule has 0 spiro atoms. The van der Waals surface area contributed by atoms with Crippen molar-refractivity contribution < 1.29 is 14.3 Å². The van der Waals surface area contributed by atoms with E-state index in [9.17, 15) is 9.59 Å². The van der Waals surface area contributed by atoms with Crippen molar-refractivity contribution in [2.24, 2.45) is 0 Å². The lowest BCUT2D eigenvalue weighted by atomic mass is 10.1. The molecule has 6 nitrogen and oxygen atoms in total. The quantitative estimate of drug-likeness (QED) is 0.674. The molecule has 2 N–H and O–H groups in total. The zero-order valence-corrected chi connectivity index (χ0v) is 15.4. The number of nitrogens with one attached hydrogen (secondary N) is 2. The summed E-state index contributed by atoms with van der Waals surface area (Å²) in [5.41, 5.74) is 2.06. The van der Waals surface area contributed by atoms with Gasteiger partial charge in [-0.15, -0.1) is 0 Å². The van der Waals surface area contributed by atoms with Gasteiger partial charge in [0.15, 0.2) is 0 Å². The lowest BCUT2D eigenvalue weighted by Crippen LogP contribution is -2.26. The monoisotopic (exact) mass is 366 g/mol. The SMILES string of the molecule is COc1ccc(CCC(=O)NCc2cc3ccc(OC)cc3[nH]c2=O)cc1. The number of aromatic nitrogens is 1. The number of aryl methyl sites for hydroxylation is 1. The van der Waals surface area contributed by atoms with Crippen LogP contribution in [0, 0.1) is 0 Å². The lowest BCUT2D eigenvalue weighted by Gasteiger charge is -2.08. The molecule has 6 heteroatoms. The topological polar surface area (TPSA) is 80.4 Å². The number of benzene rings is 2. The summed E-state index contributed by atoms with van der Waals surface area (Å²) >= 11 is 0. The molecule has 140 valence electrons. The predicted octanol–water partition coefficient (Wildman–Crippen LogP) is 2.79. The van der Waals surface area contributed by atoms with Crippen LogP contribution >= 0.6 is 0 Å². The van der Waals surface area contributed by atoms with Gasteiger partial charge >= 0.3 is 0 Å². The summed E-state index contributed by atoms with van der Waals surface area (Å²) in [5, 5.41) is 3.70. The molecule has 27 heavy (non-hydrogen) atoms. The van der Waals surface area contributed by atoms with Gasteiger partial charge in [-0.05, 0) is 47.7 Å². The first kappa shape index (κ1) is 18.5. The van der Waals surface area contributed by atoms with Gasteiger partial charge in [0.2, 0.25) is 5.91 Å². The third-order valence-corrected chi connectivity index (χ3v) is 4.41. The maximum atomic E-state index is 12.2. The van der Waals surface area contributed by atoms with Crippen LogP contribution in [0.4, 0.5) is 0 Å². The Balaban J connectivity index is 1.59. The number of amides is 1. The van der Waals surface area contributed by atoms with Crippen molar-refractivity contribution in [1.29, 1.82) is 0 Å². The molecule has 1 amide bonds. The molecule has 3 rings (SSSR count). The fourth-order valence-corrected chi connectivity index (χ4v) is 2.82. The molecule has 3 aromatic rings. The normalized spacial score (nSPS) is 10.6. The van der Waals surface area contributed by atoms with Crippen LogP contribution in [0.3, 0.4) is 0 Å². The fourth-order valence-electron chi connectivity index (χ4n) is 2.82. The highest BCUT2D eigenvalue weighted by Crippen LogP contribution is 2.18. The smallest absolute Gasteiger partial charge is 0.253 e. The van der Waals surface area contributed by atoms with Gasteiger partial charge in [0.05, 0.1) is 19.7 Å². The van der Waals surface area contributed by atoms with E-state index in [2.05, 4.69) is 10.3 Å². The molecule has 2 aromatic carbocycles. The van der Waals surface area contributed by atoms with Crippen molar-refractivity contribution in [2.45, 2.75) is 19.4 Å². The van der Waals surface area contributed by atoms with E-state index in [0.717, 1.165) is 16.7 Å². The number of methoxy groups -OCH3 is 2. The van der Waals surface area contributed by atoms with Gasteiger partial charge in [0.1, 0.15) is 11.5 Å². The number of fused-ring (bicyclic) bond motifs is 1. The van der Waals surface area contributed by atoms with Crippen molar-refractivity contribution in [3.8, 4) is 11.5 Å². The molecule has 0 unspecified atom stereocenters. The first-order valence-electron chi connectivity index (χ1n) is 8.68. The molecule has 0 aliphatic carbocycles. The van der Waals surface area contributed by atoms with E-state index < -0.39 is 0 Å².